The van der Waals surface area contributed by atoms with E-state index in [1.807, 2.05) is 20.8 Å². The molecule has 0 aromatic heterocycles. The third kappa shape index (κ3) is 20.0. The van der Waals surface area contributed by atoms with Gasteiger partial charge in [0.15, 0.2) is 0 Å². The van der Waals surface area contributed by atoms with Crippen molar-refractivity contribution < 1.29 is 57.8 Å². The zero-order valence-electron chi connectivity index (χ0n) is 40.6. The number of phenols is 1. The first-order chi connectivity index (χ1) is 32.9. The Balaban J connectivity index is 1.88. The molecule has 2 aliphatic rings. The lowest BCUT2D eigenvalue weighted by Crippen LogP contribution is -2.61. The fraction of sp³-hybridized carbons (Fsp3) is 0.630. The fourth-order valence-corrected chi connectivity index (χ4v) is 8.17. The molecule has 2 fully saturated rings. The second-order valence-electron chi connectivity index (χ2n) is 18.9. The van der Waals surface area contributed by atoms with Gasteiger partial charge in [-0.15, -0.1) is 0 Å². The molecule has 11 amide bonds. The number of hydrogen-bond acceptors (Lipinski definition) is 13. The Bertz CT molecular complexity index is 2070. The maximum atomic E-state index is 14.0. The molecule has 24 nitrogen and oxygen atoms in total. The Labute approximate surface area is 407 Å². The van der Waals surface area contributed by atoms with Crippen LogP contribution < -0.4 is 65.1 Å². The number of hydrogen-bond donors (Lipinski definition) is 13. The first-order valence-corrected chi connectivity index (χ1v) is 23.6. The molecule has 9 unspecified atom stereocenters. The number of aromatic hydroxyl groups is 1. The number of phenolic OH excluding ortho intramolecular Hbond substituents is 1. The molecule has 3 rings (SSSR count). The van der Waals surface area contributed by atoms with Crippen molar-refractivity contribution in [3.8, 4) is 5.75 Å². The second-order valence-corrected chi connectivity index (χ2v) is 18.9. The van der Waals surface area contributed by atoms with Gasteiger partial charge in [0.2, 0.25) is 65.0 Å². The molecule has 1 aromatic carbocycles. The lowest BCUT2D eigenvalue weighted by Gasteiger charge is -2.33. The van der Waals surface area contributed by atoms with Crippen LogP contribution in [-0.4, -0.2) is 132 Å². The van der Waals surface area contributed by atoms with Gasteiger partial charge in [-0.3, -0.25) is 52.7 Å². The van der Waals surface area contributed by atoms with E-state index in [2.05, 4.69) is 47.9 Å². The molecular formula is C46H72N12O12. The van der Waals surface area contributed by atoms with Crippen LogP contribution in [0.5, 0.6) is 5.75 Å². The van der Waals surface area contributed by atoms with Gasteiger partial charge >= 0.3 is 0 Å². The summed E-state index contributed by atoms with van der Waals surface area (Å²) in [6, 6.07) is -1.62. The Hall–Kier alpha value is -6.85. The molecule has 1 aromatic rings. The van der Waals surface area contributed by atoms with Gasteiger partial charge in [0.1, 0.15) is 36.0 Å². The van der Waals surface area contributed by atoms with Crippen LogP contribution in [0.25, 0.3) is 0 Å². The maximum absolute atomic E-state index is 14.0. The number of nitrogens with two attached hydrogens (primary N) is 3. The van der Waals surface area contributed by atoms with E-state index >= 15 is 0 Å². The van der Waals surface area contributed by atoms with Crippen molar-refractivity contribution in [1.82, 2.24) is 47.9 Å². The minimum absolute atomic E-state index is 0.0503. The lowest BCUT2D eigenvalue weighted by atomic mass is 9.90. The summed E-state index contributed by atoms with van der Waals surface area (Å²) in [5.41, 5.74) is 16.0. The van der Waals surface area contributed by atoms with Gasteiger partial charge in [-0.2, -0.15) is 0 Å². The first kappa shape index (κ1) is 57.5. The molecule has 0 radical (unpaired) electrons. The molecule has 1 saturated carbocycles. The summed E-state index contributed by atoms with van der Waals surface area (Å²) in [6.45, 7) is 8.95. The van der Waals surface area contributed by atoms with Crippen LogP contribution in [-0.2, 0) is 59.2 Å². The summed E-state index contributed by atoms with van der Waals surface area (Å²) in [7, 11) is 0. The molecular weight excluding hydrogens is 913 g/mol. The fourth-order valence-electron chi connectivity index (χ4n) is 8.17. The Morgan fingerprint density at radius 1 is 0.771 bits per heavy atom. The monoisotopic (exact) mass is 985 g/mol. The van der Waals surface area contributed by atoms with Crippen molar-refractivity contribution in [3.05, 3.63) is 29.8 Å². The zero-order chi connectivity index (χ0) is 52.3. The van der Waals surface area contributed by atoms with Crippen molar-refractivity contribution in [2.24, 2.45) is 40.9 Å². The molecule has 24 heteroatoms. The standard InChI is InChI=1S/C46H72N12O12/c1-6-25(4)39-45(70)55-31(11-13-34(47)60)42(67)56-33(19-35(48)61)43(68)54-30(12-14-37(63)52-22-38(64)53-32(44(69)57-39)17-26-7-9-28(59)10-8-26)41(66)51-16-15-27-18-29(27)40(65)58-46(5,20-24(2)3)23-50-21-36(49)62/h7-10,24-25,27,29-33,39,50,59H,6,11-23H2,1-5H3,(H2,47,60)(H2,48,61)(H2,49,62)(H,51,66)(H,52,63)(H,53,64)(H,54,68)(H,55,70)(H,56,67)(H,57,69)(H,58,65). The Kier molecular flexibility index (Phi) is 22.5. The van der Waals surface area contributed by atoms with Crippen LogP contribution in [0.2, 0.25) is 0 Å². The number of benzene rings is 1. The average Bonchev–Trinajstić information content (AvgIpc) is 4.06. The largest absolute Gasteiger partial charge is 0.508 e. The Morgan fingerprint density at radius 2 is 1.41 bits per heavy atom. The second kappa shape index (κ2) is 27.4. The van der Waals surface area contributed by atoms with Gasteiger partial charge < -0.3 is 70.2 Å². The quantitative estimate of drug-likeness (QED) is 0.0572. The number of nitrogens with one attached hydrogen (secondary N) is 9. The normalized spacial score (nSPS) is 24.2. The minimum Gasteiger partial charge on any atom is -0.508 e. The van der Waals surface area contributed by atoms with E-state index in [0.717, 1.165) is 0 Å². The smallest absolute Gasteiger partial charge is 0.243 e. The highest BCUT2D eigenvalue weighted by molar-refractivity contribution is 5.98. The number of carbonyl (C=O) groups excluding carboxylic acids is 11. The van der Waals surface area contributed by atoms with E-state index in [1.54, 1.807) is 13.8 Å². The molecule has 70 heavy (non-hydrogen) atoms. The van der Waals surface area contributed by atoms with E-state index in [0.29, 0.717) is 37.8 Å². The van der Waals surface area contributed by atoms with Crippen molar-refractivity contribution in [3.63, 3.8) is 0 Å². The summed E-state index contributed by atoms with van der Waals surface area (Å²) in [4.78, 5) is 145. The minimum atomic E-state index is -1.74. The first-order valence-electron chi connectivity index (χ1n) is 23.6. The van der Waals surface area contributed by atoms with Crippen LogP contribution in [0.4, 0.5) is 0 Å². The SMILES string of the molecule is CCC(C)C1NC(=O)C(Cc2ccc(O)cc2)NC(=O)CNC(=O)CCC(C(=O)NCCC2CC2C(=O)NC(C)(CNCC(N)=O)CC(C)C)NC(=O)C(CC(N)=O)NC(=O)C(CCC(N)=O)NC1=O. The van der Waals surface area contributed by atoms with Crippen molar-refractivity contribution in [2.45, 2.75) is 135 Å². The van der Waals surface area contributed by atoms with Crippen LogP contribution in [0.3, 0.4) is 0 Å². The highest BCUT2D eigenvalue weighted by Crippen LogP contribution is 2.41. The van der Waals surface area contributed by atoms with Crippen molar-refractivity contribution >= 4 is 65.0 Å². The van der Waals surface area contributed by atoms with E-state index in [1.165, 1.54) is 24.3 Å². The van der Waals surface area contributed by atoms with E-state index in [4.69, 9.17) is 17.2 Å². The number of primary amides is 3. The molecule has 1 aliphatic heterocycles. The molecule has 388 valence electrons. The van der Waals surface area contributed by atoms with E-state index < -0.39 is 127 Å². The highest BCUT2D eigenvalue weighted by atomic mass is 16.3. The molecule has 16 N–H and O–H groups in total. The molecule has 1 aliphatic carbocycles. The number of rotatable bonds is 21. The van der Waals surface area contributed by atoms with Gasteiger partial charge in [0.25, 0.3) is 0 Å². The van der Waals surface area contributed by atoms with Crippen LogP contribution in [0.1, 0.15) is 98.0 Å². The predicted molar refractivity (Wildman–Crippen MR) is 253 cm³/mol. The Morgan fingerprint density at radius 3 is 2.03 bits per heavy atom. The summed E-state index contributed by atoms with van der Waals surface area (Å²) in [6.07, 6.45) is -0.626. The van der Waals surface area contributed by atoms with Crippen LogP contribution in [0, 0.1) is 23.7 Å². The van der Waals surface area contributed by atoms with Gasteiger partial charge in [-0.1, -0.05) is 46.2 Å². The number of amides is 11. The predicted octanol–water partition coefficient (Wildman–Crippen LogP) is -3.41. The zero-order valence-corrected chi connectivity index (χ0v) is 40.6. The number of carbonyl (C=O) groups is 11. The molecule has 1 heterocycles. The summed E-state index contributed by atoms with van der Waals surface area (Å²) < 4.78 is 0. The van der Waals surface area contributed by atoms with Crippen molar-refractivity contribution in [2.75, 3.05) is 26.2 Å². The van der Waals surface area contributed by atoms with Gasteiger partial charge in [-0.25, -0.2) is 0 Å². The van der Waals surface area contributed by atoms with Gasteiger partial charge in [-0.05, 0) is 74.5 Å². The average molecular weight is 985 g/mol. The van der Waals surface area contributed by atoms with E-state index in [9.17, 15) is 57.8 Å². The molecule has 1 saturated heterocycles. The van der Waals surface area contributed by atoms with Crippen molar-refractivity contribution in [1.29, 1.82) is 0 Å². The molecule has 0 bridgehead atoms. The van der Waals surface area contributed by atoms with Crippen LogP contribution in [0.15, 0.2) is 24.3 Å². The summed E-state index contributed by atoms with van der Waals surface area (Å²) >= 11 is 0. The third-order valence-corrected chi connectivity index (χ3v) is 12.1. The topological polar surface area (TPSA) is 394 Å². The van der Waals surface area contributed by atoms with E-state index in [-0.39, 0.29) is 61.8 Å². The third-order valence-electron chi connectivity index (χ3n) is 12.1. The lowest BCUT2D eigenvalue weighted by molar-refractivity contribution is -0.136. The summed E-state index contributed by atoms with van der Waals surface area (Å²) in [5, 5.41) is 33.6. The maximum Gasteiger partial charge on any atom is 0.243 e. The van der Waals surface area contributed by atoms with Gasteiger partial charge in [0.05, 0.1) is 19.5 Å². The summed E-state index contributed by atoms with van der Waals surface area (Å²) in [5.74, 6) is -9.57. The van der Waals surface area contributed by atoms with Gasteiger partial charge in [0, 0.05) is 43.8 Å². The molecule has 0 spiro atoms. The highest BCUT2D eigenvalue weighted by Gasteiger charge is 2.44. The van der Waals surface area contributed by atoms with Crippen LogP contribution >= 0.6 is 0 Å². The molecule has 9 atom stereocenters.